The summed E-state index contributed by atoms with van der Waals surface area (Å²) in [4.78, 5) is 24.9. The van der Waals surface area contributed by atoms with Crippen molar-refractivity contribution in [3.8, 4) is 0 Å². The van der Waals surface area contributed by atoms with Gasteiger partial charge in [0.05, 0.1) is 6.10 Å². The number of carboxylic acids is 1. The van der Waals surface area contributed by atoms with Crippen molar-refractivity contribution in [1.29, 1.82) is 0 Å². The minimum absolute atomic E-state index is 0.240. The number of hydrogen-bond donors (Lipinski definition) is 2. The number of fused-ring (bicyclic) bond motifs is 3. The van der Waals surface area contributed by atoms with Crippen LogP contribution in [0.25, 0.3) is 0 Å². The Morgan fingerprint density at radius 3 is 2.37 bits per heavy atom. The molecule has 0 aromatic carbocycles. The third kappa shape index (κ3) is 2.68. The highest BCUT2D eigenvalue weighted by atomic mass is 16.6. The molecule has 108 valence electrons. The molecule has 6 nitrogen and oxygen atoms in total. The first-order chi connectivity index (χ1) is 8.70. The van der Waals surface area contributed by atoms with Crippen LogP contribution in [0.2, 0.25) is 0 Å². The fraction of sp³-hybridized carbons (Fsp3) is 0.846. The van der Waals surface area contributed by atoms with Crippen LogP contribution in [-0.4, -0.2) is 51.0 Å². The highest BCUT2D eigenvalue weighted by Crippen LogP contribution is 2.40. The molecular formula is C13H21NO5. The van der Waals surface area contributed by atoms with Gasteiger partial charge < -0.3 is 14.9 Å². The van der Waals surface area contributed by atoms with E-state index in [2.05, 4.69) is 0 Å². The van der Waals surface area contributed by atoms with Gasteiger partial charge in [0.1, 0.15) is 11.6 Å². The fourth-order valence-corrected chi connectivity index (χ4v) is 3.08. The summed E-state index contributed by atoms with van der Waals surface area (Å²) in [5.74, 6) is -1.46. The molecule has 2 heterocycles. The number of nitrogens with zero attached hydrogens (tertiary/aromatic N) is 1. The molecular weight excluding hydrogens is 250 g/mol. The number of hydrogen-bond acceptors (Lipinski definition) is 4. The zero-order valence-electron chi connectivity index (χ0n) is 11.5. The lowest BCUT2D eigenvalue weighted by Crippen LogP contribution is -2.65. The van der Waals surface area contributed by atoms with Gasteiger partial charge in [0.25, 0.3) is 0 Å². The Bertz CT molecular complexity index is 389. The Balaban J connectivity index is 2.22. The summed E-state index contributed by atoms with van der Waals surface area (Å²) in [6.45, 7) is 5.24. The van der Waals surface area contributed by atoms with E-state index in [-0.39, 0.29) is 6.04 Å². The van der Waals surface area contributed by atoms with Crippen molar-refractivity contribution in [2.24, 2.45) is 5.92 Å². The average molecular weight is 271 g/mol. The minimum Gasteiger partial charge on any atom is -0.480 e. The quantitative estimate of drug-likeness (QED) is 0.748. The molecule has 1 amide bonds. The summed E-state index contributed by atoms with van der Waals surface area (Å²) >= 11 is 0. The monoisotopic (exact) mass is 271 g/mol. The Kier molecular flexibility index (Phi) is 3.47. The molecule has 1 saturated carbocycles. The van der Waals surface area contributed by atoms with E-state index >= 15 is 0 Å². The number of carbonyl (C=O) groups excluding carboxylic acids is 1. The number of ether oxygens (including phenoxy) is 1. The van der Waals surface area contributed by atoms with Gasteiger partial charge in [-0.25, -0.2) is 9.59 Å². The Labute approximate surface area is 112 Å². The molecule has 1 aliphatic carbocycles. The van der Waals surface area contributed by atoms with Crippen LogP contribution in [0.4, 0.5) is 4.79 Å². The number of piperidine rings is 2. The van der Waals surface area contributed by atoms with Crippen LogP contribution < -0.4 is 0 Å². The molecule has 2 bridgehead atoms. The Morgan fingerprint density at radius 2 is 1.89 bits per heavy atom. The fourth-order valence-electron chi connectivity index (χ4n) is 3.08. The molecule has 0 aromatic heterocycles. The molecule has 6 heteroatoms. The smallest absolute Gasteiger partial charge is 0.411 e. The van der Waals surface area contributed by atoms with Crippen molar-refractivity contribution >= 4 is 12.1 Å². The minimum atomic E-state index is -1.07. The van der Waals surface area contributed by atoms with E-state index in [1.54, 1.807) is 20.8 Å². The van der Waals surface area contributed by atoms with Gasteiger partial charge in [-0.3, -0.25) is 4.90 Å². The molecule has 3 fully saturated rings. The summed E-state index contributed by atoms with van der Waals surface area (Å²) in [7, 11) is 0. The first-order valence-corrected chi connectivity index (χ1v) is 6.63. The van der Waals surface area contributed by atoms with Gasteiger partial charge in [-0.2, -0.15) is 0 Å². The van der Waals surface area contributed by atoms with Crippen molar-refractivity contribution in [1.82, 2.24) is 4.90 Å². The summed E-state index contributed by atoms with van der Waals surface area (Å²) < 4.78 is 5.29. The highest BCUT2D eigenvalue weighted by molar-refractivity contribution is 5.81. The van der Waals surface area contributed by atoms with Crippen LogP contribution in [0.1, 0.15) is 40.0 Å². The summed E-state index contributed by atoms with van der Waals surface area (Å²) in [5, 5.41) is 19.2. The lowest BCUT2D eigenvalue weighted by atomic mass is 9.73. The molecule has 0 aromatic rings. The molecule has 0 unspecified atom stereocenters. The third-order valence-corrected chi connectivity index (χ3v) is 3.80. The molecule has 2 aliphatic heterocycles. The van der Waals surface area contributed by atoms with Crippen LogP contribution in [0, 0.1) is 5.92 Å². The van der Waals surface area contributed by atoms with Crippen molar-refractivity contribution in [3.05, 3.63) is 0 Å². The number of aliphatic hydroxyl groups excluding tert-OH is 1. The second-order valence-corrected chi connectivity index (χ2v) is 6.37. The zero-order valence-corrected chi connectivity index (χ0v) is 11.5. The van der Waals surface area contributed by atoms with Crippen molar-refractivity contribution in [2.75, 3.05) is 0 Å². The molecule has 19 heavy (non-hydrogen) atoms. The predicted molar refractivity (Wildman–Crippen MR) is 66.6 cm³/mol. The molecule has 0 spiro atoms. The third-order valence-electron chi connectivity index (χ3n) is 3.80. The van der Waals surface area contributed by atoms with E-state index in [0.29, 0.717) is 12.8 Å². The number of carbonyl (C=O) groups is 2. The predicted octanol–water partition coefficient (Wildman–Crippen LogP) is 1.22. The normalized spacial score (nSPS) is 34.2. The lowest BCUT2D eigenvalue weighted by molar-refractivity contribution is -0.159. The molecule has 2 N–H and O–H groups in total. The van der Waals surface area contributed by atoms with Crippen LogP contribution in [0.15, 0.2) is 0 Å². The molecule has 3 aliphatic rings. The maximum Gasteiger partial charge on any atom is 0.411 e. The number of rotatable bonds is 1. The highest BCUT2D eigenvalue weighted by Gasteiger charge is 2.52. The van der Waals surface area contributed by atoms with Crippen LogP contribution >= 0.6 is 0 Å². The second-order valence-electron chi connectivity index (χ2n) is 6.37. The van der Waals surface area contributed by atoms with Gasteiger partial charge in [0.15, 0.2) is 0 Å². The Hall–Kier alpha value is -1.30. The van der Waals surface area contributed by atoms with Crippen molar-refractivity contribution in [2.45, 2.75) is 63.8 Å². The van der Waals surface area contributed by atoms with Crippen LogP contribution in [-0.2, 0) is 9.53 Å². The largest absolute Gasteiger partial charge is 0.480 e. The number of carboxylic acid groups (broad SMARTS) is 1. The average Bonchev–Trinajstić information content (AvgIpc) is 2.25. The number of aliphatic carboxylic acids is 1. The van der Waals surface area contributed by atoms with E-state index in [0.717, 1.165) is 6.42 Å². The van der Waals surface area contributed by atoms with Gasteiger partial charge >= 0.3 is 12.1 Å². The van der Waals surface area contributed by atoms with Gasteiger partial charge in [-0.05, 0) is 40.0 Å². The SMILES string of the molecule is CC(C)(C)OC(=O)N1[C@H]2CC[C@H]([C@H](O)C2)[C@@H]1C(=O)O. The summed E-state index contributed by atoms with van der Waals surface area (Å²) in [5.41, 5.74) is -0.657. The zero-order chi connectivity index (χ0) is 14.4. The number of amides is 1. The number of aliphatic hydroxyl groups is 1. The van der Waals surface area contributed by atoms with Gasteiger partial charge in [-0.1, -0.05) is 0 Å². The summed E-state index contributed by atoms with van der Waals surface area (Å²) in [6, 6.07) is -1.21. The van der Waals surface area contributed by atoms with Crippen LogP contribution in [0.5, 0.6) is 0 Å². The van der Waals surface area contributed by atoms with Crippen molar-refractivity contribution in [3.63, 3.8) is 0 Å². The first kappa shape index (κ1) is 14.1. The maximum atomic E-state index is 12.2. The molecule has 3 rings (SSSR count). The molecule has 4 atom stereocenters. The van der Waals surface area contributed by atoms with Gasteiger partial charge in [0, 0.05) is 12.0 Å². The van der Waals surface area contributed by atoms with E-state index < -0.39 is 35.7 Å². The molecule has 0 radical (unpaired) electrons. The Morgan fingerprint density at radius 1 is 1.26 bits per heavy atom. The summed E-state index contributed by atoms with van der Waals surface area (Å²) in [6.07, 6.45) is 0.570. The molecule has 2 saturated heterocycles. The standard InChI is InChI=1S/C13H21NO5/c1-13(2,3)19-12(18)14-7-4-5-8(9(15)6-7)10(14)11(16)17/h7-10,15H,4-6H2,1-3H3,(H,16,17)/t7-,8+,9+,10+/m0/s1. The van der Waals surface area contributed by atoms with E-state index in [9.17, 15) is 19.8 Å². The van der Waals surface area contributed by atoms with Gasteiger partial charge in [-0.15, -0.1) is 0 Å². The maximum absolute atomic E-state index is 12.2. The van der Waals surface area contributed by atoms with Gasteiger partial charge in [0.2, 0.25) is 0 Å². The van der Waals surface area contributed by atoms with E-state index in [1.807, 2.05) is 0 Å². The van der Waals surface area contributed by atoms with Crippen LogP contribution in [0.3, 0.4) is 0 Å². The van der Waals surface area contributed by atoms with E-state index in [1.165, 1.54) is 4.90 Å². The van der Waals surface area contributed by atoms with Crippen molar-refractivity contribution < 1.29 is 24.5 Å². The van der Waals surface area contributed by atoms with E-state index in [4.69, 9.17) is 4.74 Å². The second kappa shape index (κ2) is 4.67. The lowest BCUT2D eigenvalue weighted by Gasteiger charge is -2.51. The topological polar surface area (TPSA) is 87.1 Å². The first-order valence-electron chi connectivity index (χ1n) is 6.63.